The topological polar surface area (TPSA) is 50.8 Å². The lowest BCUT2D eigenvalue weighted by Crippen LogP contribution is -2.27. The highest BCUT2D eigenvalue weighted by Crippen LogP contribution is 2.46. The van der Waals surface area contributed by atoms with Crippen molar-refractivity contribution in [2.75, 3.05) is 35.1 Å². The van der Waals surface area contributed by atoms with Crippen molar-refractivity contribution in [2.24, 2.45) is 0 Å². The monoisotopic (exact) mass is 724 g/mol. The third kappa shape index (κ3) is 7.22. The molecule has 0 aliphatic carbocycles. The molecule has 1 amide bonds. The number of nitrogens with zero attached hydrogens (tertiary/aromatic N) is 1. The molecule has 0 bridgehead atoms. The van der Waals surface area contributed by atoms with Crippen LogP contribution in [0.25, 0.3) is 21.5 Å². The van der Waals surface area contributed by atoms with Crippen LogP contribution in [0.5, 0.6) is 11.5 Å². The van der Waals surface area contributed by atoms with E-state index in [9.17, 15) is 4.79 Å². The molecular formula is C42H39Cl3N2O3. The summed E-state index contributed by atoms with van der Waals surface area (Å²) >= 11 is 12.4. The molecule has 0 unspecified atom stereocenters. The first kappa shape index (κ1) is 35.4. The lowest BCUT2D eigenvalue weighted by Gasteiger charge is -2.18. The van der Waals surface area contributed by atoms with Crippen molar-refractivity contribution in [1.29, 1.82) is 0 Å². The lowest BCUT2D eigenvalue weighted by atomic mass is 9.95. The quantitative estimate of drug-likeness (QED) is 0.159. The van der Waals surface area contributed by atoms with E-state index in [0.29, 0.717) is 37.4 Å². The molecule has 2 aliphatic rings. The third-order valence-corrected chi connectivity index (χ3v) is 10.1. The second-order valence-corrected chi connectivity index (χ2v) is 13.1. The number of amides is 1. The summed E-state index contributed by atoms with van der Waals surface area (Å²) in [7, 11) is 0. The van der Waals surface area contributed by atoms with Crippen LogP contribution in [0.3, 0.4) is 0 Å². The number of ether oxygens (including phenoxy) is 2. The number of carbonyl (C=O) groups is 1. The average Bonchev–Trinajstić information content (AvgIpc) is 3.75. The number of halogens is 3. The van der Waals surface area contributed by atoms with E-state index in [2.05, 4.69) is 59.9 Å². The predicted octanol–water partition coefficient (Wildman–Crippen LogP) is 10.7. The number of fused-ring (bicyclic) bond motifs is 6. The van der Waals surface area contributed by atoms with E-state index in [1.807, 2.05) is 71.6 Å². The van der Waals surface area contributed by atoms with Crippen molar-refractivity contribution in [2.45, 2.75) is 32.0 Å². The van der Waals surface area contributed by atoms with Crippen LogP contribution in [-0.4, -0.2) is 30.8 Å². The molecule has 5 nitrogen and oxygen atoms in total. The molecule has 0 saturated carbocycles. The Morgan fingerprint density at radius 1 is 0.680 bits per heavy atom. The lowest BCUT2D eigenvalue weighted by molar-refractivity contribution is -0.116. The van der Waals surface area contributed by atoms with Gasteiger partial charge >= 0.3 is 0 Å². The average molecular weight is 726 g/mol. The highest BCUT2D eigenvalue weighted by Gasteiger charge is 2.33. The molecular weight excluding hydrogens is 687 g/mol. The molecule has 2 atom stereocenters. The van der Waals surface area contributed by atoms with Crippen molar-refractivity contribution in [3.8, 4) is 11.5 Å². The minimum absolute atomic E-state index is 0. The minimum Gasteiger partial charge on any atom is -0.488 e. The summed E-state index contributed by atoms with van der Waals surface area (Å²) in [6.45, 7) is 4.18. The van der Waals surface area contributed by atoms with E-state index in [-0.39, 0.29) is 24.2 Å². The molecule has 50 heavy (non-hydrogen) atoms. The van der Waals surface area contributed by atoms with Gasteiger partial charge in [0.1, 0.15) is 24.7 Å². The summed E-state index contributed by atoms with van der Waals surface area (Å²) in [5, 5.41) is 8.03. The van der Waals surface area contributed by atoms with Gasteiger partial charge in [0.15, 0.2) is 0 Å². The Morgan fingerprint density at radius 2 is 1.16 bits per heavy atom. The molecule has 8 heteroatoms. The first-order chi connectivity index (χ1) is 24.1. The fourth-order valence-corrected chi connectivity index (χ4v) is 7.48. The largest absolute Gasteiger partial charge is 0.488 e. The Kier molecular flexibility index (Phi) is 11.4. The Bertz CT molecular complexity index is 2090. The highest BCUT2D eigenvalue weighted by molar-refractivity contribution is 6.19. The maximum absolute atomic E-state index is 12.1. The molecule has 1 N–H and O–H groups in total. The van der Waals surface area contributed by atoms with E-state index in [1.54, 1.807) is 6.92 Å². The summed E-state index contributed by atoms with van der Waals surface area (Å²) in [4.78, 5) is 13.9. The second-order valence-electron chi connectivity index (χ2n) is 12.5. The number of anilines is 2. The molecule has 0 radical (unpaired) electrons. The minimum atomic E-state index is 0. The summed E-state index contributed by atoms with van der Waals surface area (Å²) < 4.78 is 12.3. The molecule has 0 fully saturated rings. The predicted molar refractivity (Wildman–Crippen MR) is 210 cm³/mol. The fraction of sp³-hybridized carbons (Fsp3) is 0.214. The first-order valence-corrected chi connectivity index (χ1v) is 17.7. The molecule has 2 aliphatic heterocycles. The highest BCUT2D eigenvalue weighted by atomic mass is 35.5. The summed E-state index contributed by atoms with van der Waals surface area (Å²) in [5.41, 5.74) is 6.82. The van der Waals surface area contributed by atoms with E-state index in [0.717, 1.165) is 56.7 Å². The molecule has 2 heterocycles. The number of hydrogen-bond donors (Lipinski definition) is 1. The molecule has 6 aromatic rings. The Balaban J connectivity index is 0.000000171. The van der Waals surface area contributed by atoms with E-state index >= 15 is 0 Å². The van der Waals surface area contributed by atoms with Crippen LogP contribution in [0.15, 0.2) is 121 Å². The van der Waals surface area contributed by atoms with Gasteiger partial charge in [0.25, 0.3) is 0 Å². The van der Waals surface area contributed by atoms with Gasteiger partial charge in [0, 0.05) is 72.2 Å². The smallest absolute Gasteiger partial charge is 0.223 e. The molecule has 6 aromatic carbocycles. The summed E-state index contributed by atoms with van der Waals surface area (Å²) in [5.74, 6) is 3.38. The normalized spacial score (nSPS) is 15.7. The maximum atomic E-state index is 12.1. The zero-order chi connectivity index (χ0) is 33.7. The van der Waals surface area contributed by atoms with Crippen molar-refractivity contribution < 1.29 is 14.3 Å². The van der Waals surface area contributed by atoms with E-state index in [4.69, 9.17) is 32.7 Å². The number of benzene rings is 6. The van der Waals surface area contributed by atoms with Gasteiger partial charge in [-0.25, -0.2) is 0 Å². The molecule has 0 saturated heterocycles. The van der Waals surface area contributed by atoms with Crippen molar-refractivity contribution >= 4 is 74.4 Å². The van der Waals surface area contributed by atoms with Crippen LogP contribution >= 0.6 is 35.6 Å². The van der Waals surface area contributed by atoms with Crippen LogP contribution in [0.1, 0.15) is 41.0 Å². The Labute approximate surface area is 309 Å². The molecule has 0 spiro atoms. The van der Waals surface area contributed by atoms with Gasteiger partial charge in [-0.2, -0.15) is 0 Å². The molecule has 0 aromatic heterocycles. The van der Waals surface area contributed by atoms with E-state index in [1.165, 1.54) is 16.5 Å². The van der Waals surface area contributed by atoms with Crippen LogP contribution < -0.4 is 19.7 Å². The number of alkyl halides is 2. The Hall–Kier alpha value is -4.42. The fourth-order valence-electron chi connectivity index (χ4n) is 6.96. The van der Waals surface area contributed by atoms with Crippen LogP contribution in [0.4, 0.5) is 11.4 Å². The number of carbonyl (C=O) groups excluding carboxylic acids is 1. The first-order valence-electron chi connectivity index (χ1n) is 16.6. The third-order valence-electron chi connectivity index (χ3n) is 9.35. The van der Waals surface area contributed by atoms with Gasteiger partial charge < -0.3 is 19.7 Å². The number of hydrogen-bond acceptors (Lipinski definition) is 4. The van der Waals surface area contributed by atoms with Gasteiger partial charge in [-0.3, -0.25) is 4.79 Å². The summed E-state index contributed by atoms with van der Waals surface area (Å²) in [6.07, 6.45) is 0. The summed E-state index contributed by atoms with van der Waals surface area (Å²) in [6, 6.07) is 41.1. The number of rotatable bonds is 8. The zero-order valence-electron chi connectivity index (χ0n) is 27.8. The van der Waals surface area contributed by atoms with Gasteiger partial charge in [-0.15, -0.1) is 35.6 Å². The number of nitrogens with one attached hydrogen (secondary N) is 1. The van der Waals surface area contributed by atoms with Gasteiger partial charge in [0.2, 0.25) is 5.91 Å². The van der Waals surface area contributed by atoms with Crippen molar-refractivity contribution in [1.82, 2.24) is 0 Å². The van der Waals surface area contributed by atoms with Crippen LogP contribution in [-0.2, 0) is 18.0 Å². The van der Waals surface area contributed by atoms with Crippen LogP contribution in [0, 0.1) is 0 Å². The van der Waals surface area contributed by atoms with E-state index < -0.39 is 0 Å². The zero-order valence-corrected chi connectivity index (χ0v) is 30.1. The van der Waals surface area contributed by atoms with Crippen molar-refractivity contribution in [3.05, 3.63) is 144 Å². The second kappa shape index (κ2) is 16.1. The molecule has 8 rings (SSSR count). The van der Waals surface area contributed by atoms with Crippen LogP contribution in [0.2, 0.25) is 0 Å². The van der Waals surface area contributed by atoms with Gasteiger partial charge in [-0.1, -0.05) is 109 Å². The van der Waals surface area contributed by atoms with Crippen molar-refractivity contribution in [3.63, 3.8) is 0 Å². The standard InChI is InChI=1S/C22H20ClNO2.C20H18ClNO.ClH/c1-15(25)24-13-17(12-23)22-19-10-6-5-9-18(19)21(11-20(22)24)26-14-16-7-3-2-4-8-16;21-11-15-12-22-18-10-19(23-13-14-6-2-1-3-7-14)16-8-4-5-9-17(16)20(15)18;/h2-11,17H,12-14H2,1H3;1-10,15,22H,11-13H2;1H/t17-;15-;/m11./s1. The Morgan fingerprint density at radius 3 is 1.68 bits per heavy atom. The van der Waals surface area contributed by atoms with Gasteiger partial charge in [0.05, 0.1) is 5.69 Å². The maximum Gasteiger partial charge on any atom is 0.223 e. The molecule has 256 valence electrons. The van der Waals surface area contributed by atoms with Gasteiger partial charge in [-0.05, 0) is 33.0 Å². The SMILES string of the molecule is CC(=O)N1C[C@@H](CCl)c2c1cc(OCc1ccccc1)c1ccccc21.Cl.ClC[C@@H]1CNc2cc(OCc3ccccc3)c3ccccc3c21.